The second-order valence-corrected chi connectivity index (χ2v) is 5.53. The van der Waals surface area contributed by atoms with E-state index in [0.717, 1.165) is 12.8 Å². The number of sulfonamides is 1. The first-order valence-electron chi connectivity index (χ1n) is 4.88. The molecule has 1 aliphatic rings. The Kier molecular flexibility index (Phi) is 2.51. The number of carbonyl (C=O) groups is 1. The van der Waals surface area contributed by atoms with Crippen LogP contribution in [-0.2, 0) is 17.1 Å². The second-order valence-electron chi connectivity index (χ2n) is 3.96. The minimum atomic E-state index is -3.75. The minimum Gasteiger partial charge on any atom is -0.348 e. The van der Waals surface area contributed by atoms with Crippen molar-refractivity contribution >= 4 is 15.9 Å². The van der Waals surface area contributed by atoms with Crippen LogP contribution in [0.5, 0.6) is 0 Å². The van der Waals surface area contributed by atoms with Gasteiger partial charge in [-0.1, -0.05) is 0 Å². The number of hydrogen-bond donors (Lipinski definition) is 2. The molecule has 3 N–H and O–H groups in total. The SMILES string of the molecule is Cn1cc(S(N)(=O)=O)cc1C(=O)NC1CC1. The molecular weight excluding hydrogens is 230 g/mol. The molecule has 1 fully saturated rings. The summed E-state index contributed by atoms with van der Waals surface area (Å²) in [6.07, 6.45) is 3.30. The van der Waals surface area contributed by atoms with E-state index in [1.54, 1.807) is 7.05 Å². The topological polar surface area (TPSA) is 94.2 Å². The first-order valence-corrected chi connectivity index (χ1v) is 6.42. The molecule has 0 bridgehead atoms. The van der Waals surface area contributed by atoms with Crippen molar-refractivity contribution in [2.45, 2.75) is 23.8 Å². The lowest BCUT2D eigenvalue weighted by molar-refractivity contribution is 0.0943. The Bertz CT molecular complexity index is 528. The summed E-state index contributed by atoms with van der Waals surface area (Å²) >= 11 is 0. The molecule has 1 saturated carbocycles. The second kappa shape index (κ2) is 3.60. The molecule has 1 amide bonds. The highest BCUT2D eigenvalue weighted by molar-refractivity contribution is 7.89. The number of rotatable bonds is 3. The van der Waals surface area contributed by atoms with Crippen molar-refractivity contribution in [3.63, 3.8) is 0 Å². The maximum atomic E-state index is 11.7. The molecule has 7 heteroatoms. The summed E-state index contributed by atoms with van der Waals surface area (Å²) in [5.74, 6) is -0.264. The molecule has 0 saturated heterocycles. The van der Waals surface area contributed by atoms with E-state index < -0.39 is 10.0 Å². The van der Waals surface area contributed by atoms with Crippen LogP contribution in [-0.4, -0.2) is 24.9 Å². The standard InChI is InChI=1S/C9H13N3O3S/c1-12-5-7(16(10,14)15)4-8(12)9(13)11-6-2-3-6/h4-6H,2-3H2,1H3,(H,11,13)(H2,10,14,15). The summed E-state index contributed by atoms with van der Waals surface area (Å²) in [7, 11) is -2.14. The number of nitrogens with one attached hydrogen (secondary N) is 1. The van der Waals surface area contributed by atoms with E-state index in [9.17, 15) is 13.2 Å². The molecule has 0 radical (unpaired) electrons. The maximum absolute atomic E-state index is 11.7. The number of amides is 1. The van der Waals surface area contributed by atoms with Gasteiger partial charge in [0.25, 0.3) is 5.91 Å². The molecule has 1 aliphatic carbocycles. The largest absolute Gasteiger partial charge is 0.348 e. The van der Waals surface area contributed by atoms with E-state index in [4.69, 9.17) is 5.14 Å². The van der Waals surface area contributed by atoms with Crippen molar-refractivity contribution in [2.24, 2.45) is 12.2 Å². The highest BCUT2D eigenvalue weighted by Gasteiger charge is 2.25. The van der Waals surface area contributed by atoms with Gasteiger partial charge in [-0.05, 0) is 18.9 Å². The number of nitrogens with two attached hydrogens (primary N) is 1. The van der Waals surface area contributed by atoms with Crippen molar-refractivity contribution in [1.29, 1.82) is 0 Å². The summed E-state index contributed by atoms with van der Waals surface area (Å²) in [5, 5.41) is 7.76. The van der Waals surface area contributed by atoms with Gasteiger partial charge in [0.2, 0.25) is 10.0 Å². The fourth-order valence-electron chi connectivity index (χ4n) is 1.40. The third kappa shape index (κ3) is 2.25. The van der Waals surface area contributed by atoms with Gasteiger partial charge in [-0.15, -0.1) is 0 Å². The third-order valence-electron chi connectivity index (χ3n) is 2.45. The van der Waals surface area contributed by atoms with Crippen LogP contribution in [0.4, 0.5) is 0 Å². The van der Waals surface area contributed by atoms with Gasteiger partial charge in [0, 0.05) is 19.3 Å². The smallest absolute Gasteiger partial charge is 0.268 e. The molecule has 16 heavy (non-hydrogen) atoms. The van der Waals surface area contributed by atoms with Crippen LogP contribution in [0, 0.1) is 0 Å². The van der Waals surface area contributed by atoms with Gasteiger partial charge in [0.15, 0.2) is 0 Å². The van der Waals surface area contributed by atoms with E-state index in [-0.39, 0.29) is 16.8 Å². The average molecular weight is 243 g/mol. The first kappa shape index (κ1) is 11.2. The zero-order valence-electron chi connectivity index (χ0n) is 8.80. The maximum Gasteiger partial charge on any atom is 0.268 e. The third-order valence-corrected chi connectivity index (χ3v) is 3.33. The summed E-state index contributed by atoms with van der Waals surface area (Å²) in [6, 6.07) is 1.52. The zero-order chi connectivity index (χ0) is 11.9. The molecule has 1 heterocycles. The number of nitrogens with zero attached hydrogens (tertiary/aromatic N) is 1. The van der Waals surface area contributed by atoms with Gasteiger partial charge in [-0.25, -0.2) is 13.6 Å². The lowest BCUT2D eigenvalue weighted by Crippen LogP contribution is -2.27. The molecule has 0 unspecified atom stereocenters. The van der Waals surface area contributed by atoms with Crippen LogP contribution in [0.3, 0.4) is 0 Å². The van der Waals surface area contributed by atoms with Crippen LogP contribution in [0.15, 0.2) is 17.2 Å². The summed E-state index contributed by atoms with van der Waals surface area (Å²) in [4.78, 5) is 11.6. The Morgan fingerprint density at radius 3 is 2.62 bits per heavy atom. The predicted octanol–water partition coefficient (Wildman–Crippen LogP) is -0.435. The summed E-state index contributed by atoms with van der Waals surface area (Å²) in [5.41, 5.74) is 0.302. The van der Waals surface area contributed by atoms with Crippen molar-refractivity contribution in [3.8, 4) is 0 Å². The van der Waals surface area contributed by atoms with Gasteiger partial charge >= 0.3 is 0 Å². The van der Waals surface area contributed by atoms with Crippen LogP contribution in [0.2, 0.25) is 0 Å². The van der Waals surface area contributed by atoms with Gasteiger partial charge < -0.3 is 9.88 Å². The van der Waals surface area contributed by atoms with E-state index in [2.05, 4.69) is 5.32 Å². The number of carbonyl (C=O) groups excluding carboxylic acids is 1. The highest BCUT2D eigenvalue weighted by Crippen LogP contribution is 2.20. The van der Waals surface area contributed by atoms with Gasteiger partial charge in [-0.2, -0.15) is 0 Å². The Hall–Kier alpha value is -1.34. The average Bonchev–Trinajstić information content (AvgIpc) is 2.85. The predicted molar refractivity (Wildman–Crippen MR) is 57.3 cm³/mol. The van der Waals surface area contributed by atoms with Crippen molar-refractivity contribution in [1.82, 2.24) is 9.88 Å². The van der Waals surface area contributed by atoms with E-state index >= 15 is 0 Å². The van der Waals surface area contributed by atoms with Crippen molar-refractivity contribution < 1.29 is 13.2 Å². The normalized spacial score (nSPS) is 16.1. The van der Waals surface area contributed by atoms with Crippen molar-refractivity contribution in [2.75, 3.05) is 0 Å². The summed E-state index contributed by atoms with van der Waals surface area (Å²) < 4.78 is 23.6. The highest BCUT2D eigenvalue weighted by atomic mass is 32.2. The van der Waals surface area contributed by atoms with Gasteiger partial charge in [0.1, 0.15) is 10.6 Å². The Balaban J connectivity index is 2.27. The molecule has 88 valence electrons. The van der Waals surface area contributed by atoms with E-state index in [1.165, 1.54) is 16.8 Å². The fourth-order valence-corrected chi connectivity index (χ4v) is 1.98. The molecule has 1 aromatic heterocycles. The first-order chi connectivity index (χ1) is 7.38. The van der Waals surface area contributed by atoms with Crippen LogP contribution in [0.25, 0.3) is 0 Å². The lowest BCUT2D eigenvalue weighted by Gasteiger charge is -2.03. The van der Waals surface area contributed by atoms with Crippen LogP contribution < -0.4 is 10.5 Å². The lowest BCUT2D eigenvalue weighted by atomic mass is 10.4. The molecule has 0 aliphatic heterocycles. The molecule has 6 nitrogen and oxygen atoms in total. The zero-order valence-corrected chi connectivity index (χ0v) is 9.62. The van der Waals surface area contributed by atoms with Crippen LogP contribution in [0.1, 0.15) is 23.3 Å². The van der Waals surface area contributed by atoms with E-state index in [1.807, 2.05) is 0 Å². The molecule has 0 aromatic carbocycles. The fraction of sp³-hybridized carbons (Fsp3) is 0.444. The monoisotopic (exact) mass is 243 g/mol. The van der Waals surface area contributed by atoms with Crippen LogP contribution >= 0.6 is 0 Å². The van der Waals surface area contributed by atoms with E-state index in [0.29, 0.717) is 5.69 Å². The molecule has 0 spiro atoms. The summed E-state index contributed by atoms with van der Waals surface area (Å²) in [6.45, 7) is 0. The van der Waals surface area contributed by atoms with Gasteiger partial charge in [0.05, 0.1) is 0 Å². The Morgan fingerprint density at radius 1 is 1.56 bits per heavy atom. The number of aromatic nitrogens is 1. The molecule has 1 aromatic rings. The molecular formula is C9H13N3O3S. The minimum absolute atomic E-state index is 0.0454. The quantitative estimate of drug-likeness (QED) is 0.753. The Morgan fingerprint density at radius 2 is 2.19 bits per heavy atom. The Labute approximate surface area is 93.5 Å². The van der Waals surface area contributed by atoms with Gasteiger partial charge in [-0.3, -0.25) is 4.79 Å². The number of aryl methyl sites for hydroxylation is 1. The molecule has 0 atom stereocenters. The number of primary sulfonamides is 1. The van der Waals surface area contributed by atoms with Crippen molar-refractivity contribution in [3.05, 3.63) is 18.0 Å². The molecule has 2 rings (SSSR count). The number of hydrogen-bond acceptors (Lipinski definition) is 3.